The van der Waals surface area contributed by atoms with E-state index in [0.717, 1.165) is 24.1 Å². The first-order valence-corrected chi connectivity index (χ1v) is 6.89. The number of phenolic OH excluding ortho intramolecular Hbond substituents is 1. The van der Waals surface area contributed by atoms with Crippen LogP contribution in [0.1, 0.15) is 37.7 Å². The number of phenols is 1. The molecule has 0 radical (unpaired) electrons. The van der Waals surface area contributed by atoms with Crippen LogP contribution in [0.25, 0.3) is 0 Å². The van der Waals surface area contributed by atoms with Crippen LogP contribution in [0.5, 0.6) is 5.75 Å². The van der Waals surface area contributed by atoms with E-state index in [1.165, 1.54) is 19.3 Å². The van der Waals surface area contributed by atoms with E-state index < -0.39 is 0 Å². The van der Waals surface area contributed by atoms with Gasteiger partial charge in [0, 0.05) is 5.69 Å². The van der Waals surface area contributed by atoms with Crippen LogP contribution in [-0.2, 0) is 4.74 Å². The first-order valence-electron chi connectivity index (χ1n) is 6.51. The van der Waals surface area contributed by atoms with Gasteiger partial charge in [-0.05, 0) is 37.5 Å². The lowest BCUT2D eigenvalue weighted by molar-refractivity contribution is 0.0400. The van der Waals surface area contributed by atoms with Crippen molar-refractivity contribution in [3.63, 3.8) is 0 Å². The molecule has 100 valence electrons. The lowest BCUT2D eigenvalue weighted by atomic mass is 9.98. The number of rotatable bonds is 4. The maximum Gasteiger partial charge on any atom is 0.137 e. The Kier molecular flexibility index (Phi) is 4.72. The normalized spacial score (nSPS) is 16.8. The van der Waals surface area contributed by atoms with Crippen LogP contribution in [0.15, 0.2) is 12.1 Å². The standard InChI is InChI=1S/C14H20ClNO2/c1-10-7-11(8-13(15)14(10)17)16-9-18-12-5-3-2-4-6-12/h7-8,12,16-17H,2-6,9H2,1H3. The highest BCUT2D eigenvalue weighted by Gasteiger charge is 2.13. The molecule has 1 aromatic rings. The highest BCUT2D eigenvalue weighted by Crippen LogP contribution is 2.30. The first kappa shape index (κ1) is 13.5. The Bertz CT molecular complexity index is 380. The Morgan fingerprint density at radius 3 is 2.72 bits per heavy atom. The second-order valence-corrected chi connectivity index (χ2v) is 5.28. The van der Waals surface area contributed by atoms with Gasteiger partial charge < -0.3 is 15.2 Å². The van der Waals surface area contributed by atoms with E-state index in [2.05, 4.69) is 5.32 Å². The summed E-state index contributed by atoms with van der Waals surface area (Å²) in [7, 11) is 0. The van der Waals surface area contributed by atoms with Crippen molar-refractivity contribution in [3.05, 3.63) is 22.7 Å². The predicted octanol–water partition coefficient (Wildman–Crippen LogP) is 4.07. The van der Waals surface area contributed by atoms with E-state index in [4.69, 9.17) is 16.3 Å². The maximum absolute atomic E-state index is 9.57. The zero-order valence-corrected chi connectivity index (χ0v) is 11.5. The Morgan fingerprint density at radius 2 is 2.06 bits per heavy atom. The molecule has 0 bridgehead atoms. The van der Waals surface area contributed by atoms with E-state index in [9.17, 15) is 5.11 Å². The number of aromatic hydroxyl groups is 1. The molecule has 1 aliphatic rings. The fraction of sp³-hybridized carbons (Fsp3) is 0.571. The number of benzene rings is 1. The molecule has 0 saturated heterocycles. The summed E-state index contributed by atoms with van der Waals surface area (Å²) in [5.41, 5.74) is 1.65. The third-order valence-corrected chi connectivity index (χ3v) is 3.69. The Morgan fingerprint density at radius 1 is 1.33 bits per heavy atom. The number of halogens is 1. The molecule has 3 nitrogen and oxygen atoms in total. The van der Waals surface area contributed by atoms with Gasteiger partial charge in [-0.3, -0.25) is 0 Å². The molecule has 2 rings (SSSR count). The van der Waals surface area contributed by atoms with Crippen molar-refractivity contribution in [1.82, 2.24) is 0 Å². The molecule has 1 aliphatic carbocycles. The van der Waals surface area contributed by atoms with Crippen LogP contribution in [0, 0.1) is 6.92 Å². The number of anilines is 1. The smallest absolute Gasteiger partial charge is 0.137 e. The molecule has 1 aromatic carbocycles. The van der Waals surface area contributed by atoms with Gasteiger partial charge in [-0.15, -0.1) is 0 Å². The summed E-state index contributed by atoms with van der Waals surface area (Å²) in [6.07, 6.45) is 6.59. The molecule has 0 unspecified atom stereocenters. The second kappa shape index (κ2) is 6.30. The molecular weight excluding hydrogens is 250 g/mol. The SMILES string of the molecule is Cc1cc(NCOC2CCCCC2)cc(Cl)c1O. The van der Waals surface area contributed by atoms with E-state index >= 15 is 0 Å². The van der Waals surface area contributed by atoms with Crippen LogP contribution in [-0.4, -0.2) is 17.9 Å². The molecule has 2 N–H and O–H groups in total. The van der Waals surface area contributed by atoms with Crippen LogP contribution in [0.2, 0.25) is 5.02 Å². The third kappa shape index (κ3) is 3.53. The number of hydrogen-bond donors (Lipinski definition) is 2. The second-order valence-electron chi connectivity index (χ2n) is 4.87. The van der Waals surface area contributed by atoms with Crippen molar-refractivity contribution < 1.29 is 9.84 Å². The van der Waals surface area contributed by atoms with Crippen molar-refractivity contribution in [3.8, 4) is 5.75 Å². The highest BCUT2D eigenvalue weighted by molar-refractivity contribution is 6.32. The molecule has 1 fully saturated rings. The van der Waals surface area contributed by atoms with Crippen molar-refractivity contribution in [2.45, 2.75) is 45.1 Å². The third-order valence-electron chi connectivity index (χ3n) is 3.40. The van der Waals surface area contributed by atoms with Crippen LogP contribution < -0.4 is 5.32 Å². The molecule has 18 heavy (non-hydrogen) atoms. The minimum atomic E-state index is 0.149. The van der Waals surface area contributed by atoms with E-state index in [1.54, 1.807) is 6.07 Å². The molecule has 0 aromatic heterocycles. The quantitative estimate of drug-likeness (QED) is 0.639. The van der Waals surface area contributed by atoms with Gasteiger partial charge in [-0.1, -0.05) is 30.9 Å². The van der Waals surface area contributed by atoms with Gasteiger partial charge in [0.2, 0.25) is 0 Å². The van der Waals surface area contributed by atoms with Gasteiger partial charge in [0.25, 0.3) is 0 Å². The number of ether oxygens (including phenoxy) is 1. The molecule has 4 heteroatoms. The minimum absolute atomic E-state index is 0.149. The predicted molar refractivity (Wildman–Crippen MR) is 74.3 cm³/mol. The molecule has 0 aliphatic heterocycles. The van der Waals surface area contributed by atoms with Crippen molar-refractivity contribution in [2.24, 2.45) is 0 Å². The Labute approximate surface area is 113 Å². The minimum Gasteiger partial charge on any atom is -0.506 e. The zero-order chi connectivity index (χ0) is 13.0. The molecule has 0 spiro atoms. The monoisotopic (exact) mass is 269 g/mol. The molecule has 0 amide bonds. The van der Waals surface area contributed by atoms with Crippen molar-refractivity contribution in [1.29, 1.82) is 0 Å². The summed E-state index contributed by atoms with van der Waals surface area (Å²) in [6.45, 7) is 2.32. The summed E-state index contributed by atoms with van der Waals surface area (Å²) in [4.78, 5) is 0. The first-order chi connectivity index (χ1) is 8.66. The molecule has 0 atom stereocenters. The zero-order valence-electron chi connectivity index (χ0n) is 10.7. The van der Waals surface area contributed by atoms with E-state index in [-0.39, 0.29) is 5.75 Å². The summed E-state index contributed by atoms with van der Waals surface area (Å²) in [5, 5.41) is 13.1. The number of nitrogens with one attached hydrogen (secondary N) is 1. The number of hydrogen-bond acceptors (Lipinski definition) is 3. The average molecular weight is 270 g/mol. The Balaban J connectivity index is 1.82. The lowest BCUT2D eigenvalue weighted by Gasteiger charge is -2.22. The van der Waals surface area contributed by atoms with Gasteiger partial charge in [-0.25, -0.2) is 0 Å². The van der Waals surface area contributed by atoms with Gasteiger partial charge in [0.1, 0.15) is 12.5 Å². The van der Waals surface area contributed by atoms with Gasteiger partial charge >= 0.3 is 0 Å². The number of aryl methyl sites for hydroxylation is 1. The van der Waals surface area contributed by atoms with Crippen LogP contribution in [0.4, 0.5) is 5.69 Å². The van der Waals surface area contributed by atoms with E-state index in [0.29, 0.717) is 17.9 Å². The fourth-order valence-corrected chi connectivity index (χ4v) is 2.58. The van der Waals surface area contributed by atoms with Crippen LogP contribution >= 0.6 is 11.6 Å². The Hall–Kier alpha value is -0.930. The summed E-state index contributed by atoms with van der Waals surface area (Å²) in [5.74, 6) is 0.149. The largest absolute Gasteiger partial charge is 0.506 e. The van der Waals surface area contributed by atoms with Gasteiger partial charge in [0.15, 0.2) is 0 Å². The maximum atomic E-state index is 9.57. The summed E-state index contributed by atoms with van der Waals surface area (Å²) < 4.78 is 5.78. The fourth-order valence-electron chi connectivity index (χ4n) is 2.31. The molecule has 0 heterocycles. The van der Waals surface area contributed by atoms with Gasteiger partial charge in [0.05, 0.1) is 11.1 Å². The lowest BCUT2D eigenvalue weighted by Crippen LogP contribution is -2.20. The van der Waals surface area contributed by atoms with Gasteiger partial charge in [-0.2, -0.15) is 0 Å². The highest BCUT2D eigenvalue weighted by atomic mass is 35.5. The topological polar surface area (TPSA) is 41.5 Å². The summed E-state index contributed by atoms with van der Waals surface area (Å²) >= 11 is 5.92. The molecule has 1 saturated carbocycles. The van der Waals surface area contributed by atoms with Crippen LogP contribution in [0.3, 0.4) is 0 Å². The molecular formula is C14H20ClNO2. The van der Waals surface area contributed by atoms with Crippen molar-refractivity contribution in [2.75, 3.05) is 12.0 Å². The summed E-state index contributed by atoms with van der Waals surface area (Å²) in [6, 6.07) is 3.58. The average Bonchev–Trinajstić information content (AvgIpc) is 2.37. The van der Waals surface area contributed by atoms with Crippen molar-refractivity contribution >= 4 is 17.3 Å². The van der Waals surface area contributed by atoms with E-state index in [1.807, 2.05) is 13.0 Å².